The van der Waals surface area contributed by atoms with Crippen LogP contribution in [0.5, 0.6) is 11.5 Å². The molecule has 0 saturated carbocycles. The summed E-state index contributed by atoms with van der Waals surface area (Å²) in [7, 11) is 4.96. The van der Waals surface area contributed by atoms with Crippen molar-refractivity contribution in [3.05, 3.63) is 58.5 Å². The molecule has 0 radical (unpaired) electrons. The fourth-order valence-electron chi connectivity index (χ4n) is 2.84. The largest absolute Gasteiger partial charge is 0.493 e. The molecule has 0 aliphatic carbocycles. The highest BCUT2D eigenvalue weighted by Gasteiger charge is 2.16. The first kappa shape index (κ1) is 18.8. The normalized spacial score (nSPS) is 10.7. The molecule has 0 spiro atoms. The molecule has 3 aromatic rings. The average Bonchev–Trinajstić information content (AvgIpc) is 3.17. The molecule has 0 aliphatic rings. The Morgan fingerprint density at radius 2 is 1.96 bits per heavy atom. The van der Waals surface area contributed by atoms with Gasteiger partial charge in [0.2, 0.25) is 0 Å². The Kier molecular flexibility index (Phi) is 5.41. The van der Waals surface area contributed by atoms with E-state index < -0.39 is 0 Å². The molecule has 1 N–H and O–H groups in total. The molecule has 2 heterocycles. The molecular formula is C19H21ClN4O3. The number of benzene rings is 1. The summed E-state index contributed by atoms with van der Waals surface area (Å²) < 4.78 is 14.0. The number of amides is 1. The van der Waals surface area contributed by atoms with E-state index in [4.69, 9.17) is 21.1 Å². The summed E-state index contributed by atoms with van der Waals surface area (Å²) in [6.45, 7) is 2.36. The first-order chi connectivity index (χ1) is 12.9. The van der Waals surface area contributed by atoms with Crippen molar-refractivity contribution in [1.29, 1.82) is 0 Å². The highest BCUT2D eigenvalue weighted by molar-refractivity contribution is 6.31. The zero-order valence-corrected chi connectivity index (χ0v) is 16.4. The average molecular weight is 389 g/mol. The van der Waals surface area contributed by atoms with Crippen LogP contribution in [0.2, 0.25) is 5.02 Å². The lowest BCUT2D eigenvalue weighted by Gasteiger charge is -2.13. The van der Waals surface area contributed by atoms with Crippen LogP contribution in [0.3, 0.4) is 0 Å². The van der Waals surface area contributed by atoms with E-state index >= 15 is 0 Å². The smallest absolute Gasteiger partial charge is 0.273 e. The lowest BCUT2D eigenvalue weighted by molar-refractivity contribution is 0.101. The number of ether oxygens (including phenoxy) is 2. The number of nitrogens with zero attached hydrogens (tertiary/aromatic N) is 3. The fraction of sp³-hybridized carbons (Fsp3) is 0.263. The lowest BCUT2D eigenvalue weighted by atomic mass is 10.2. The summed E-state index contributed by atoms with van der Waals surface area (Å²) in [5, 5.41) is 7.82. The van der Waals surface area contributed by atoms with E-state index in [1.807, 2.05) is 25.1 Å². The van der Waals surface area contributed by atoms with E-state index in [1.165, 1.54) is 0 Å². The molecule has 8 heteroatoms. The standard InChI is InChI=1S/C19H21ClN4O3/c1-12-9-21-24(10-13-5-6-16(26-3)17(7-13)27-4)18(12)22-19(25)15-8-14(20)11-23(15)2/h5-9,11H,10H2,1-4H3,(H,22,25). The topological polar surface area (TPSA) is 70.3 Å². The molecule has 7 nitrogen and oxygen atoms in total. The van der Waals surface area contributed by atoms with Crippen LogP contribution in [0.15, 0.2) is 36.7 Å². The second-order valence-corrected chi connectivity index (χ2v) is 6.57. The van der Waals surface area contributed by atoms with Gasteiger partial charge in [0, 0.05) is 18.8 Å². The highest BCUT2D eigenvalue weighted by Crippen LogP contribution is 2.28. The van der Waals surface area contributed by atoms with Crippen LogP contribution in [0, 0.1) is 6.92 Å². The van der Waals surface area contributed by atoms with Crippen LogP contribution in [0.4, 0.5) is 5.82 Å². The Morgan fingerprint density at radius 1 is 1.22 bits per heavy atom. The predicted molar refractivity (Wildman–Crippen MR) is 104 cm³/mol. The summed E-state index contributed by atoms with van der Waals surface area (Å²) in [5.74, 6) is 1.68. The number of anilines is 1. The second-order valence-electron chi connectivity index (χ2n) is 6.13. The fourth-order valence-corrected chi connectivity index (χ4v) is 3.08. The molecule has 2 aromatic heterocycles. The maximum absolute atomic E-state index is 12.6. The van der Waals surface area contributed by atoms with Gasteiger partial charge in [-0.3, -0.25) is 4.79 Å². The Bertz CT molecular complexity index is 977. The Morgan fingerprint density at radius 3 is 2.59 bits per heavy atom. The van der Waals surface area contributed by atoms with E-state index in [2.05, 4.69) is 10.4 Å². The van der Waals surface area contributed by atoms with E-state index in [1.54, 1.807) is 49.0 Å². The third-order valence-corrected chi connectivity index (χ3v) is 4.45. The van der Waals surface area contributed by atoms with Crippen molar-refractivity contribution >= 4 is 23.3 Å². The second kappa shape index (κ2) is 7.75. The predicted octanol–water partition coefficient (Wildman–Crippen LogP) is 3.50. The molecule has 0 unspecified atom stereocenters. The van der Waals surface area contributed by atoms with Gasteiger partial charge in [-0.2, -0.15) is 5.10 Å². The Labute approximate surface area is 162 Å². The molecule has 0 fully saturated rings. The third kappa shape index (κ3) is 3.93. The number of rotatable bonds is 6. The van der Waals surface area contributed by atoms with Gasteiger partial charge in [-0.15, -0.1) is 0 Å². The molecular weight excluding hydrogens is 368 g/mol. The number of carbonyl (C=O) groups is 1. The molecule has 1 amide bonds. The molecule has 27 heavy (non-hydrogen) atoms. The number of aromatic nitrogens is 3. The quantitative estimate of drug-likeness (QED) is 0.701. The van der Waals surface area contributed by atoms with Gasteiger partial charge in [-0.05, 0) is 30.7 Å². The van der Waals surface area contributed by atoms with E-state index in [9.17, 15) is 4.79 Å². The first-order valence-electron chi connectivity index (χ1n) is 8.29. The van der Waals surface area contributed by atoms with E-state index in [-0.39, 0.29) is 5.91 Å². The van der Waals surface area contributed by atoms with Gasteiger partial charge in [0.15, 0.2) is 11.5 Å². The summed E-state index contributed by atoms with van der Waals surface area (Å²) in [4.78, 5) is 12.6. The first-order valence-corrected chi connectivity index (χ1v) is 8.67. The molecule has 142 valence electrons. The zero-order chi connectivity index (χ0) is 19.6. The number of nitrogens with one attached hydrogen (secondary N) is 1. The monoisotopic (exact) mass is 388 g/mol. The number of methoxy groups -OCH3 is 2. The van der Waals surface area contributed by atoms with Crippen molar-refractivity contribution in [3.8, 4) is 11.5 Å². The van der Waals surface area contributed by atoms with Crippen LogP contribution in [0.25, 0.3) is 0 Å². The molecule has 0 atom stereocenters. The Balaban J connectivity index is 1.85. The summed E-state index contributed by atoms with van der Waals surface area (Å²) in [6, 6.07) is 7.29. The summed E-state index contributed by atoms with van der Waals surface area (Å²) in [5.41, 5.74) is 2.30. The van der Waals surface area contributed by atoms with Gasteiger partial charge >= 0.3 is 0 Å². The van der Waals surface area contributed by atoms with Crippen LogP contribution in [0.1, 0.15) is 21.6 Å². The van der Waals surface area contributed by atoms with Gasteiger partial charge < -0.3 is 19.4 Å². The molecule has 0 saturated heterocycles. The maximum atomic E-state index is 12.6. The van der Waals surface area contributed by atoms with Gasteiger partial charge in [-0.1, -0.05) is 17.7 Å². The minimum Gasteiger partial charge on any atom is -0.493 e. The molecule has 0 aliphatic heterocycles. The summed E-state index contributed by atoms with van der Waals surface area (Å²) in [6.07, 6.45) is 3.40. The minimum absolute atomic E-state index is 0.249. The molecule has 1 aromatic carbocycles. The van der Waals surface area contributed by atoms with Gasteiger partial charge in [0.25, 0.3) is 5.91 Å². The maximum Gasteiger partial charge on any atom is 0.273 e. The van der Waals surface area contributed by atoms with Crippen LogP contribution in [-0.4, -0.2) is 34.5 Å². The number of carbonyl (C=O) groups excluding carboxylic acids is 1. The number of hydrogen-bond donors (Lipinski definition) is 1. The van der Waals surface area contributed by atoms with Crippen LogP contribution < -0.4 is 14.8 Å². The van der Waals surface area contributed by atoms with Gasteiger partial charge in [0.1, 0.15) is 11.5 Å². The van der Waals surface area contributed by atoms with Gasteiger partial charge in [-0.25, -0.2) is 4.68 Å². The number of halogens is 1. The summed E-state index contributed by atoms with van der Waals surface area (Å²) >= 11 is 5.97. The number of hydrogen-bond acceptors (Lipinski definition) is 4. The van der Waals surface area contributed by atoms with Crippen molar-refractivity contribution < 1.29 is 14.3 Å². The van der Waals surface area contributed by atoms with Crippen molar-refractivity contribution in [2.24, 2.45) is 7.05 Å². The van der Waals surface area contributed by atoms with Gasteiger partial charge in [0.05, 0.1) is 32.0 Å². The number of aryl methyl sites for hydroxylation is 2. The SMILES string of the molecule is COc1ccc(Cn2ncc(C)c2NC(=O)c2cc(Cl)cn2C)cc1OC. The van der Waals surface area contributed by atoms with Crippen molar-refractivity contribution in [2.45, 2.75) is 13.5 Å². The third-order valence-electron chi connectivity index (χ3n) is 4.24. The zero-order valence-electron chi connectivity index (χ0n) is 15.6. The Hall–Kier alpha value is -2.93. The minimum atomic E-state index is -0.249. The lowest BCUT2D eigenvalue weighted by Crippen LogP contribution is -2.19. The highest BCUT2D eigenvalue weighted by atomic mass is 35.5. The van der Waals surface area contributed by atoms with E-state index in [0.29, 0.717) is 34.6 Å². The van der Waals surface area contributed by atoms with Crippen LogP contribution in [-0.2, 0) is 13.6 Å². The van der Waals surface area contributed by atoms with Crippen LogP contribution >= 0.6 is 11.6 Å². The molecule has 0 bridgehead atoms. The van der Waals surface area contributed by atoms with Crippen molar-refractivity contribution in [1.82, 2.24) is 14.3 Å². The van der Waals surface area contributed by atoms with Crippen molar-refractivity contribution in [2.75, 3.05) is 19.5 Å². The van der Waals surface area contributed by atoms with Crippen molar-refractivity contribution in [3.63, 3.8) is 0 Å². The molecule has 3 rings (SSSR count). The van der Waals surface area contributed by atoms with E-state index in [0.717, 1.165) is 11.1 Å².